The second-order valence-corrected chi connectivity index (χ2v) is 8.00. The van der Waals surface area contributed by atoms with E-state index in [1.165, 1.54) is 62.5 Å². The van der Waals surface area contributed by atoms with E-state index in [9.17, 15) is 0 Å². The minimum Gasteiger partial charge on any atom is -0.404 e. The average Bonchev–Trinajstić information content (AvgIpc) is 2.79. The van der Waals surface area contributed by atoms with Crippen LogP contribution in [0.2, 0.25) is 0 Å². The maximum Gasteiger partial charge on any atom is 0.392 e. The Kier molecular flexibility index (Phi) is 9.39. The molecule has 0 N–H and O–H groups in total. The Morgan fingerprint density at radius 2 is 1.47 bits per heavy atom. The van der Waals surface area contributed by atoms with Gasteiger partial charge in [-0.1, -0.05) is 94.3 Å². The van der Waals surface area contributed by atoms with Crippen molar-refractivity contribution in [2.24, 2.45) is 0 Å². The molecule has 0 bridgehead atoms. The summed E-state index contributed by atoms with van der Waals surface area (Å²) in [5.41, 5.74) is 2.62. The highest BCUT2D eigenvalue weighted by molar-refractivity contribution is 5.29. The van der Waals surface area contributed by atoms with Gasteiger partial charge in [-0.15, -0.1) is 0 Å². The van der Waals surface area contributed by atoms with E-state index in [-0.39, 0.29) is 0 Å². The van der Waals surface area contributed by atoms with Crippen molar-refractivity contribution in [2.45, 2.75) is 71.3 Å². The Morgan fingerprint density at radius 1 is 0.767 bits per heavy atom. The van der Waals surface area contributed by atoms with E-state index in [2.05, 4.69) is 65.0 Å². The van der Waals surface area contributed by atoms with E-state index >= 15 is 0 Å². The molecule has 0 amide bonds. The van der Waals surface area contributed by atoms with Crippen molar-refractivity contribution in [3.63, 3.8) is 0 Å². The van der Waals surface area contributed by atoms with Crippen LogP contribution in [0.1, 0.15) is 69.4 Å². The summed E-state index contributed by atoms with van der Waals surface area (Å²) in [5.74, 6) is 1.60. The summed E-state index contributed by atoms with van der Waals surface area (Å²) in [4.78, 5) is 4.24. The molecule has 3 heteroatoms. The zero-order valence-corrected chi connectivity index (χ0v) is 18.3. The molecule has 0 radical (unpaired) electrons. The van der Waals surface area contributed by atoms with E-state index in [0.29, 0.717) is 0 Å². The zero-order chi connectivity index (χ0) is 20.9. The van der Waals surface area contributed by atoms with Crippen LogP contribution in [0.3, 0.4) is 0 Å². The third-order valence-electron chi connectivity index (χ3n) is 5.46. The Bertz CT molecular complexity index is 846. The highest BCUT2D eigenvalue weighted by Crippen LogP contribution is 2.20. The molecule has 0 aliphatic heterocycles. The highest BCUT2D eigenvalue weighted by atomic mass is 16.5. The molecule has 1 aromatic heterocycles. The van der Waals surface area contributed by atoms with Gasteiger partial charge in [0.05, 0.1) is 6.20 Å². The van der Waals surface area contributed by atoms with Crippen LogP contribution in [-0.4, -0.2) is 4.98 Å². The monoisotopic (exact) mass is 403 g/mol. The number of rotatable bonds is 13. The lowest BCUT2D eigenvalue weighted by atomic mass is 10.0. The molecule has 0 aliphatic rings. The van der Waals surface area contributed by atoms with Crippen molar-refractivity contribution in [2.75, 3.05) is 0 Å². The second kappa shape index (κ2) is 12.8. The van der Waals surface area contributed by atoms with Crippen LogP contribution in [0.25, 0.3) is 0 Å². The Balaban J connectivity index is 1.46. The van der Waals surface area contributed by atoms with Gasteiger partial charge in [-0.2, -0.15) is 4.57 Å². The second-order valence-electron chi connectivity index (χ2n) is 8.00. The van der Waals surface area contributed by atoms with Gasteiger partial charge in [-0.3, -0.25) is 0 Å². The van der Waals surface area contributed by atoms with E-state index in [0.717, 1.165) is 24.6 Å². The number of ether oxygens (including phenoxy) is 1. The van der Waals surface area contributed by atoms with Gasteiger partial charge in [0.25, 0.3) is 0 Å². The van der Waals surface area contributed by atoms with Crippen LogP contribution >= 0.6 is 0 Å². The molecule has 0 unspecified atom stereocenters. The molecule has 1 heterocycles. The predicted molar refractivity (Wildman–Crippen MR) is 123 cm³/mol. The molecule has 2 aromatic carbocycles. The first-order chi connectivity index (χ1) is 14.8. The number of aromatic nitrogens is 2. The maximum atomic E-state index is 6.13. The number of hydrogen-bond donors (Lipinski definition) is 0. The fourth-order valence-electron chi connectivity index (χ4n) is 3.68. The highest BCUT2D eigenvalue weighted by Gasteiger charge is 2.13. The van der Waals surface area contributed by atoms with Crippen LogP contribution < -0.4 is 9.30 Å². The SMILES string of the molecule is CCCCCCCCCCc1ccc(Oc2cncc[n+]2Cc2ccccc2)cc1. The molecule has 158 valence electrons. The molecule has 0 spiro atoms. The van der Waals surface area contributed by atoms with Crippen LogP contribution in [0.5, 0.6) is 11.6 Å². The van der Waals surface area contributed by atoms with Crippen LogP contribution in [-0.2, 0) is 13.0 Å². The molecule has 0 fully saturated rings. The number of hydrogen-bond acceptors (Lipinski definition) is 2. The lowest BCUT2D eigenvalue weighted by Crippen LogP contribution is -2.35. The Morgan fingerprint density at radius 3 is 2.20 bits per heavy atom. The van der Waals surface area contributed by atoms with Crippen molar-refractivity contribution < 1.29 is 9.30 Å². The number of unbranched alkanes of at least 4 members (excludes halogenated alkanes) is 7. The predicted octanol–water partition coefficient (Wildman–Crippen LogP) is 6.89. The lowest BCUT2D eigenvalue weighted by Gasteiger charge is -2.07. The Hall–Kier alpha value is -2.68. The minimum atomic E-state index is 0.747. The molecule has 3 aromatic rings. The molecule has 0 saturated heterocycles. The number of aryl methyl sites for hydroxylation is 1. The number of nitrogens with zero attached hydrogens (tertiary/aromatic N) is 2. The van der Waals surface area contributed by atoms with Gasteiger partial charge in [0, 0.05) is 5.56 Å². The van der Waals surface area contributed by atoms with Gasteiger partial charge < -0.3 is 4.74 Å². The number of benzene rings is 2. The molecule has 0 aliphatic carbocycles. The standard InChI is InChI=1S/C27H35N2O/c1-2-3-4-5-6-7-8-10-13-24-16-18-26(19-17-24)30-27-22-28-20-21-29(27)23-25-14-11-9-12-15-25/h9,11-12,14-22H,2-8,10,13,23H2,1H3/q+1. The van der Waals surface area contributed by atoms with Crippen molar-refractivity contribution >= 4 is 0 Å². The fourth-order valence-corrected chi connectivity index (χ4v) is 3.68. The molecular formula is C27H35N2O+. The fraction of sp³-hybridized carbons (Fsp3) is 0.407. The first-order valence-corrected chi connectivity index (χ1v) is 11.5. The van der Waals surface area contributed by atoms with E-state index in [4.69, 9.17) is 4.74 Å². The van der Waals surface area contributed by atoms with E-state index in [1.54, 1.807) is 12.4 Å². The van der Waals surface area contributed by atoms with Crippen LogP contribution in [0.15, 0.2) is 73.2 Å². The summed E-state index contributed by atoms with van der Waals surface area (Å²) < 4.78 is 8.21. The van der Waals surface area contributed by atoms with Gasteiger partial charge in [-0.05, 0) is 30.5 Å². The van der Waals surface area contributed by atoms with Gasteiger partial charge >= 0.3 is 5.88 Å². The van der Waals surface area contributed by atoms with Crippen molar-refractivity contribution in [1.29, 1.82) is 0 Å². The summed E-state index contributed by atoms with van der Waals surface area (Å²) in [6, 6.07) is 18.9. The average molecular weight is 404 g/mol. The first-order valence-electron chi connectivity index (χ1n) is 11.5. The van der Waals surface area contributed by atoms with Gasteiger partial charge in [0.1, 0.15) is 11.9 Å². The first kappa shape index (κ1) is 22.0. The summed E-state index contributed by atoms with van der Waals surface area (Å²) in [6.07, 6.45) is 17.6. The smallest absolute Gasteiger partial charge is 0.392 e. The van der Waals surface area contributed by atoms with Crippen LogP contribution in [0, 0.1) is 0 Å². The third-order valence-corrected chi connectivity index (χ3v) is 5.46. The lowest BCUT2D eigenvalue weighted by molar-refractivity contribution is -0.692. The molecule has 0 saturated carbocycles. The molecule has 30 heavy (non-hydrogen) atoms. The summed E-state index contributed by atoms with van der Waals surface area (Å²) in [6.45, 7) is 3.03. The molecule has 0 atom stereocenters. The van der Waals surface area contributed by atoms with Gasteiger partial charge in [0.2, 0.25) is 0 Å². The van der Waals surface area contributed by atoms with E-state index < -0.39 is 0 Å². The largest absolute Gasteiger partial charge is 0.404 e. The molecule has 3 nitrogen and oxygen atoms in total. The van der Waals surface area contributed by atoms with Crippen molar-refractivity contribution in [1.82, 2.24) is 4.98 Å². The van der Waals surface area contributed by atoms with Gasteiger partial charge in [-0.25, -0.2) is 4.98 Å². The summed E-state index contributed by atoms with van der Waals surface area (Å²) >= 11 is 0. The van der Waals surface area contributed by atoms with E-state index in [1.807, 2.05) is 12.3 Å². The third kappa shape index (κ3) is 7.62. The van der Waals surface area contributed by atoms with Crippen molar-refractivity contribution in [3.05, 3.63) is 84.3 Å². The quantitative estimate of drug-likeness (QED) is 0.229. The zero-order valence-electron chi connectivity index (χ0n) is 18.3. The maximum absolute atomic E-state index is 6.13. The summed E-state index contributed by atoms with van der Waals surface area (Å²) in [5, 5.41) is 0. The summed E-state index contributed by atoms with van der Waals surface area (Å²) in [7, 11) is 0. The molecule has 3 rings (SSSR count). The van der Waals surface area contributed by atoms with Crippen molar-refractivity contribution in [3.8, 4) is 11.6 Å². The minimum absolute atomic E-state index is 0.747. The topological polar surface area (TPSA) is 26.0 Å². The van der Waals surface area contributed by atoms with Gasteiger partial charge in [0.15, 0.2) is 12.7 Å². The Labute approximate surface area is 181 Å². The van der Waals surface area contributed by atoms with Crippen LogP contribution in [0.4, 0.5) is 0 Å². The normalized spacial score (nSPS) is 10.8. The molecular weight excluding hydrogens is 368 g/mol.